The Morgan fingerprint density at radius 3 is 2.46 bits per heavy atom. The van der Waals surface area contributed by atoms with Crippen LogP contribution in [0.15, 0.2) is 0 Å². The third kappa shape index (κ3) is 3.88. The summed E-state index contributed by atoms with van der Waals surface area (Å²) < 4.78 is 4.74. The molecule has 1 saturated heterocycles. The van der Waals surface area contributed by atoms with E-state index in [9.17, 15) is 24.0 Å². The zero-order valence-corrected chi connectivity index (χ0v) is 13.4. The van der Waals surface area contributed by atoms with Crippen molar-refractivity contribution in [3.63, 3.8) is 0 Å². The summed E-state index contributed by atoms with van der Waals surface area (Å²) in [6.07, 6.45) is 3.09. The van der Waals surface area contributed by atoms with Crippen LogP contribution in [0.2, 0.25) is 0 Å². The summed E-state index contributed by atoms with van der Waals surface area (Å²) >= 11 is 0. The molecule has 7 amide bonds. The molecule has 2 fully saturated rings. The first-order valence-electron chi connectivity index (χ1n) is 7.71. The highest BCUT2D eigenvalue weighted by Gasteiger charge is 2.48. The van der Waals surface area contributed by atoms with Gasteiger partial charge in [-0.05, 0) is 12.8 Å². The van der Waals surface area contributed by atoms with E-state index in [0.717, 1.165) is 17.7 Å². The Hall–Kier alpha value is -2.49. The number of imide groups is 3. The fraction of sp³-hybridized carbons (Fsp3) is 0.643. The van der Waals surface area contributed by atoms with Crippen molar-refractivity contribution in [2.75, 3.05) is 26.8 Å². The second-order valence-electron chi connectivity index (χ2n) is 5.58. The third-order valence-corrected chi connectivity index (χ3v) is 3.92. The molecule has 24 heavy (non-hydrogen) atoms. The van der Waals surface area contributed by atoms with Gasteiger partial charge in [0.2, 0.25) is 5.91 Å². The number of amides is 7. The Labute approximate surface area is 138 Å². The van der Waals surface area contributed by atoms with Crippen molar-refractivity contribution in [3.05, 3.63) is 0 Å². The molecule has 0 aromatic carbocycles. The number of hydrogen-bond acceptors (Lipinski definition) is 6. The van der Waals surface area contributed by atoms with Gasteiger partial charge in [-0.25, -0.2) is 14.5 Å². The summed E-state index contributed by atoms with van der Waals surface area (Å²) in [5.74, 6) is -2.81. The van der Waals surface area contributed by atoms with Gasteiger partial charge in [-0.2, -0.15) is 0 Å². The van der Waals surface area contributed by atoms with Crippen LogP contribution in [-0.4, -0.2) is 72.4 Å². The molecule has 10 nitrogen and oxygen atoms in total. The molecule has 0 aromatic rings. The molecule has 2 aliphatic rings. The third-order valence-electron chi connectivity index (χ3n) is 3.92. The van der Waals surface area contributed by atoms with Crippen molar-refractivity contribution in [3.8, 4) is 0 Å². The molecule has 132 valence electrons. The van der Waals surface area contributed by atoms with Crippen LogP contribution < -0.4 is 10.6 Å². The molecule has 0 spiro atoms. The van der Waals surface area contributed by atoms with Crippen molar-refractivity contribution in [1.82, 2.24) is 20.4 Å². The van der Waals surface area contributed by atoms with Crippen molar-refractivity contribution in [2.24, 2.45) is 0 Å². The van der Waals surface area contributed by atoms with Gasteiger partial charge in [0.05, 0.1) is 6.61 Å². The number of urea groups is 2. The zero-order valence-electron chi connectivity index (χ0n) is 13.4. The van der Waals surface area contributed by atoms with Gasteiger partial charge in [-0.1, -0.05) is 12.8 Å². The fourth-order valence-corrected chi connectivity index (χ4v) is 2.77. The molecule has 0 aromatic heterocycles. The maximum absolute atomic E-state index is 12.3. The molecule has 0 unspecified atom stereocenters. The Morgan fingerprint density at radius 2 is 1.83 bits per heavy atom. The van der Waals surface area contributed by atoms with Crippen molar-refractivity contribution >= 4 is 29.8 Å². The highest BCUT2D eigenvalue weighted by molar-refractivity contribution is 6.45. The lowest BCUT2D eigenvalue weighted by atomic mass is 10.2. The van der Waals surface area contributed by atoms with Crippen LogP contribution >= 0.6 is 0 Å². The van der Waals surface area contributed by atoms with Gasteiger partial charge in [-0.15, -0.1) is 0 Å². The number of nitrogens with zero attached hydrogens (tertiary/aromatic N) is 2. The highest BCUT2D eigenvalue weighted by Crippen LogP contribution is 2.27. The van der Waals surface area contributed by atoms with Gasteiger partial charge in [-0.3, -0.25) is 24.6 Å². The number of rotatable bonds is 6. The Morgan fingerprint density at radius 1 is 1.17 bits per heavy atom. The van der Waals surface area contributed by atoms with Crippen LogP contribution in [0.4, 0.5) is 9.59 Å². The fourth-order valence-electron chi connectivity index (χ4n) is 2.77. The SMILES string of the molecule is COCCNC(=O)NC(=O)CN1C(=O)C(=O)N(C2CCCC2)C1=O. The van der Waals surface area contributed by atoms with E-state index < -0.39 is 36.3 Å². The van der Waals surface area contributed by atoms with Crippen molar-refractivity contribution in [2.45, 2.75) is 31.7 Å². The monoisotopic (exact) mass is 340 g/mol. The minimum atomic E-state index is -1.04. The van der Waals surface area contributed by atoms with E-state index in [4.69, 9.17) is 4.74 Å². The van der Waals surface area contributed by atoms with Gasteiger partial charge in [0.1, 0.15) is 6.54 Å². The second kappa shape index (κ2) is 7.86. The Bertz CT molecular complexity index is 557. The largest absolute Gasteiger partial charge is 0.383 e. The molecule has 1 aliphatic carbocycles. The van der Waals surface area contributed by atoms with Crippen molar-refractivity contribution in [1.29, 1.82) is 0 Å². The number of ether oxygens (including phenoxy) is 1. The number of methoxy groups -OCH3 is 1. The van der Waals surface area contributed by atoms with E-state index in [1.807, 2.05) is 5.32 Å². The molecular formula is C14H20N4O6. The average Bonchev–Trinajstić information content (AvgIpc) is 3.11. The minimum absolute atomic E-state index is 0.200. The Balaban J connectivity index is 1.90. The van der Waals surface area contributed by atoms with Crippen LogP contribution in [0.5, 0.6) is 0 Å². The standard InChI is InChI=1S/C14H20N4O6/c1-24-7-6-15-13(22)16-10(19)8-17-11(20)12(21)18(14(17)23)9-4-2-3-5-9/h9H,2-8H2,1H3,(H2,15,16,19,22). The molecule has 0 radical (unpaired) electrons. The van der Waals surface area contributed by atoms with Crippen LogP contribution in [-0.2, 0) is 19.1 Å². The summed E-state index contributed by atoms with van der Waals surface area (Å²) in [5, 5.41) is 4.35. The highest BCUT2D eigenvalue weighted by atomic mass is 16.5. The van der Waals surface area contributed by atoms with Crippen LogP contribution in [0.1, 0.15) is 25.7 Å². The molecule has 0 bridgehead atoms. The first kappa shape index (κ1) is 17.9. The minimum Gasteiger partial charge on any atom is -0.383 e. The van der Waals surface area contributed by atoms with Gasteiger partial charge >= 0.3 is 23.9 Å². The summed E-state index contributed by atoms with van der Waals surface area (Å²) in [4.78, 5) is 60.9. The van der Waals surface area contributed by atoms with E-state index in [2.05, 4.69) is 5.32 Å². The lowest BCUT2D eigenvalue weighted by molar-refractivity contribution is -0.144. The number of carbonyl (C=O) groups is 5. The molecule has 1 aliphatic heterocycles. The van der Waals surface area contributed by atoms with Gasteiger partial charge in [0.15, 0.2) is 0 Å². The lowest BCUT2D eigenvalue weighted by Crippen LogP contribution is -2.47. The first-order chi connectivity index (χ1) is 11.5. The molecular weight excluding hydrogens is 320 g/mol. The lowest BCUT2D eigenvalue weighted by Gasteiger charge is -2.20. The predicted octanol–water partition coefficient (Wildman–Crippen LogP) is -0.808. The quantitative estimate of drug-likeness (QED) is 0.370. The summed E-state index contributed by atoms with van der Waals surface area (Å²) in [7, 11) is 1.46. The normalized spacial score (nSPS) is 18.5. The smallest absolute Gasteiger partial charge is 0.334 e. The van der Waals surface area contributed by atoms with E-state index in [-0.39, 0.29) is 19.2 Å². The molecule has 10 heteroatoms. The summed E-state index contributed by atoms with van der Waals surface area (Å²) in [6, 6.07) is -1.86. The van der Waals surface area contributed by atoms with Gasteiger partial charge < -0.3 is 10.1 Å². The number of carbonyl (C=O) groups excluding carboxylic acids is 5. The Kier molecular flexibility index (Phi) is 5.85. The van der Waals surface area contributed by atoms with E-state index in [0.29, 0.717) is 17.7 Å². The molecule has 1 saturated carbocycles. The van der Waals surface area contributed by atoms with E-state index >= 15 is 0 Å². The van der Waals surface area contributed by atoms with Crippen LogP contribution in [0.25, 0.3) is 0 Å². The topological polar surface area (TPSA) is 125 Å². The van der Waals surface area contributed by atoms with E-state index in [1.165, 1.54) is 7.11 Å². The number of hydrogen-bond donors (Lipinski definition) is 2. The molecule has 2 N–H and O–H groups in total. The zero-order chi connectivity index (χ0) is 17.7. The maximum Gasteiger partial charge on any atom is 0.334 e. The van der Waals surface area contributed by atoms with E-state index in [1.54, 1.807) is 0 Å². The second-order valence-corrected chi connectivity index (χ2v) is 5.58. The predicted molar refractivity (Wildman–Crippen MR) is 79.6 cm³/mol. The average molecular weight is 340 g/mol. The van der Waals surface area contributed by atoms with Crippen LogP contribution in [0, 0.1) is 0 Å². The summed E-state index contributed by atoms with van der Waals surface area (Å²) in [6.45, 7) is -0.203. The molecule has 2 rings (SSSR count). The first-order valence-corrected chi connectivity index (χ1v) is 7.71. The van der Waals surface area contributed by atoms with Gasteiger partial charge in [0.25, 0.3) is 0 Å². The summed E-state index contributed by atoms with van der Waals surface area (Å²) in [5.41, 5.74) is 0. The molecule has 0 atom stereocenters. The molecule has 1 heterocycles. The van der Waals surface area contributed by atoms with Crippen LogP contribution in [0.3, 0.4) is 0 Å². The maximum atomic E-state index is 12.3. The van der Waals surface area contributed by atoms with Gasteiger partial charge in [0, 0.05) is 19.7 Å². The number of nitrogens with one attached hydrogen (secondary N) is 2. The van der Waals surface area contributed by atoms with Crippen molar-refractivity contribution < 1.29 is 28.7 Å².